The lowest BCUT2D eigenvalue weighted by atomic mass is 9.60. The van der Waals surface area contributed by atoms with Crippen molar-refractivity contribution in [3.05, 3.63) is 64.8 Å². The van der Waals surface area contributed by atoms with E-state index in [1.54, 1.807) is 6.20 Å². The molecule has 1 atom stereocenters. The van der Waals surface area contributed by atoms with Crippen molar-refractivity contribution in [2.24, 2.45) is 0 Å². The van der Waals surface area contributed by atoms with Gasteiger partial charge < -0.3 is 24.9 Å². The smallest absolute Gasteiger partial charge is 0.271 e. The molecule has 0 aliphatic heterocycles. The van der Waals surface area contributed by atoms with Gasteiger partial charge in [-0.3, -0.25) is 9.59 Å². The van der Waals surface area contributed by atoms with Crippen LogP contribution < -0.4 is 15.4 Å². The highest BCUT2D eigenvalue weighted by Gasteiger charge is 2.55. The number of carbonyl (C=O) groups excluding carboxylic acids is 2. The summed E-state index contributed by atoms with van der Waals surface area (Å²) in [6.07, 6.45) is 5.37. The molecule has 3 saturated carbocycles. The minimum atomic E-state index is -0.828. The van der Waals surface area contributed by atoms with E-state index in [9.17, 15) is 19.1 Å². The number of amides is 2. The SMILES string of the molecule is Cc1ccc2nc(C(=O)NC34CCC(NC(=O)COc5ccc(Cl)c(F)c5)(CC3)C(O)C4)cn2c1. The quantitative estimate of drug-likeness (QED) is 0.482. The van der Waals surface area contributed by atoms with Gasteiger partial charge in [-0.25, -0.2) is 9.37 Å². The van der Waals surface area contributed by atoms with Crippen LogP contribution in [-0.2, 0) is 4.79 Å². The van der Waals surface area contributed by atoms with E-state index < -0.39 is 28.9 Å². The van der Waals surface area contributed by atoms with Gasteiger partial charge in [0.1, 0.15) is 22.9 Å². The lowest BCUT2D eigenvalue weighted by molar-refractivity contribution is -0.132. The molecule has 0 spiro atoms. The van der Waals surface area contributed by atoms with E-state index in [4.69, 9.17) is 16.3 Å². The number of benzene rings is 1. The number of fused-ring (bicyclic) bond motifs is 4. The molecular formula is C25H26ClFN4O4. The molecular weight excluding hydrogens is 475 g/mol. The van der Waals surface area contributed by atoms with E-state index in [0.717, 1.165) is 11.6 Å². The number of aliphatic hydroxyl groups excluding tert-OH is 1. The molecule has 3 fully saturated rings. The zero-order valence-corrected chi connectivity index (χ0v) is 19.9. The average Bonchev–Trinajstić information content (AvgIpc) is 3.24. The normalized spacial score (nSPS) is 25.4. The highest BCUT2D eigenvalue weighted by molar-refractivity contribution is 6.30. The molecule has 6 rings (SSSR count). The molecule has 2 bridgehead atoms. The van der Waals surface area contributed by atoms with Gasteiger partial charge in [0, 0.05) is 24.0 Å². The van der Waals surface area contributed by atoms with Crippen LogP contribution in [0.1, 0.15) is 48.2 Å². The average molecular weight is 501 g/mol. The van der Waals surface area contributed by atoms with Crippen LogP contribution in [0, 0.1) is 12.7 Å². The Morgan fingerprint density at radius 3 is 2.69 bits per heavy atom. The summed E-state index contributed by atoms with van der Waals surface area (Å²) >= 11 is 5.66. The highest BCUT2D eigenvalue weighted by Crippen LogP contribution is 2.47. The van der Waals surface area contributed by atoms with E-state index >= 15 is 0 Å². The number of rotatable bonds is 6. The van der Waals surface area contributed by atoms with Crippen LogP contribution in [-0.4, -0.2) is 50.1 Å². The number of carbonyl (C=O) groups is 2. The molecule has 1 unspecified atom stereocenters. The molecule has 35 heavy (non-hydrogen) atoms. The molecule has 3 aliphatic carbocycles. The first kappa shape index (κ1) is 23.6. The van der Waals surface area contributed by atoms with E-state index in [-0.39, 0.29) is 23.3 Å². The Bertz CT molecular complexity index is 1300. The van der Waals surface area contributed by atoms with E-state index in [1.165, 1.54) is 12.1 Å². The lowest BCUT2D eigenvalue weighted by Gasteiger charge is -2.56. The third-order valence-electron chi connectivity index (χ3n) is 7.18. The second-order valence-electron chi connectivity index (χ2n) is 9.62. The number of pyridine rings is 1. The standard InChI is InChI=1S/C25H26ClFN4O4/c1-15-2-5-21-28-19(13-31(21)12-15)23(34)30-24-6-8-25(9-7-24,20(32)11-24)29-22(33)14-35-16-3-4-17(26)18(27)10-16/h2-5,10,12-13,20,32H,6-9,11,14H2,1H3,(H,29,33)(H,30,34). The summed E-state index contributed by atoms with van der Waals surface area (Å²) in [7, 11) is 0. The van der Waals surface area contributed by atoms with Crippen LogP contribution in [0.2, 0.25) is 5.02 Å². The molecule has 2 amide bonds. The fraction of sp³-hybridized carbons (Fsp3) is 0.400. The molecule has 10 heteroatoms. The number of hydrogen-bond acceptors (Lipinski definition) is 5. The summed E-state index contributed by atoms with van der Waals surface area (Å²) in [5, 5.41) is 17.0. The van der Waals surface area contributed by atoms with Crippen molar-refractivity contribution < 1.29 is 23.8 Å². The first-order valence-corrected chi connectivity index (χ1v) is 11.9. The van der Waals surface area contributed by atoms with Crippen molar-refractivity contribution in [3.63, 3.8) is 0 Å². The molecule has 2 aromatic heterocycles. The van der Waals surface area contributed by atoms with Crippen molar-refractivity contribution in [1.29, 1.82) is 0 Å². The van der Waals surface area contributed by atoms with E-state index in [1.807, 2.05) is 29.7 Å². The summed E-state index contributed by atoms with van der Waals surface area (Å²) < 4.78 is 20.8. The molecule has 1 aromatic carbocycles. The Labute approximate surface area is 206 Å². The monoisotopic (exact) mass is 500 g/mol. The van der Waals surface area contributed by atoms with Crippen LogP contribution in [0.25, 0.3) is 5.65 Å². The highest BCUT2D eigenvalue weighted by atomic mass is 35.5. The first-order chi connectivity index (χ1) is 16.7. The van der Waals surface area contributed by atoms with Crippen LogP contribution >= 0.6 is 11.6 Å². The molecule has 0 saturated heterocycles. The predicted molar refractivity (Wildman–Crippen MR) is 127 cm³/mol. The van der Waals surface area contributed by atoms with Crippen LogP contribution in [0.3, 0.4) is 0 Å². The third kappa shape index (κ3) is 4.58. The van der Waals surface area contributed by atoms with Gasteiger partial charge in [-0.1, -0.05) is 17.7 Å². The molecule has 184 valence electrons. The molecule has 8 nitrogen and oxygen atoms in total. The Morgan fingerprint density at radius 1 is 1.20 bits per heavy atom. The third-order valence-corrected chi connectivity index (χ3v) is 7.49. The number of aliphatic hydroxyl groups is 1. The number of hydrogen-bond donors (Lipinski definition) is 3. The summed E-state index contributed by atoms with van der Waals surface area (Å²) in [6.45, 7) is 1.66. The summed E-state index contributed by atoms with van der Waals surface area (Å²) in [5.41, 5.74) is 0.749. The number of aromatic nitrogens is 2. The number of nitrogens with zero attached hydrogens (tertiary/aromatic N) is 2. The van der Waals surface area contributed by atoms with Crippen molar-refractivity contribution in [1.82, 2.24) is 20.0 Å². The van der Waals surface area contributed by atoms with Gasteiger partial charge in [-0.05, 0) is 62.8 Å². The predicted octanol–water partition coefficient (Wildman–Crippen LogP) is 3.18. The van der Waals surface area contributed by atoms with Gasteiger partial charge in [-0.2, -0.15) is 0 Å². The van der Waals surface area contributed by atoms with Gasteiger partial charge in [0.05, 0.1) is 16.7 Å². The second kappa shape index (κ2) is 8.80. The van der Waals surface area contributed by atoms with Crippen LogP contribution in [0.5, 0.6) is 5.75 Å². The molecule has 3 N–H and O–H groups in total. The minimum Gasteiger partial charge on any atom is -0.484 e. The van der Waals surface area contributed by atoms with Crippen molar-refractivity contribution in [2.75, 3.05) is 6.61 Å². The summed E-state index contributed by atoms with van der Waals surface area (Å²) in [5.74, 6) is -1.12. The molecule has 3 aromatic rings. The lowest BCUT2D eigenvalue weighted by Crippen LogP contribution is -2.70. The van der Waals surface area contributed by atoms with Crippen LogP contribution in [0.4, 0.5) is 4.39 Å². The topological polar surface area (TPSA) is 105 Å². The largest absolute Gasteiger partial charge is 0.484 e. The van der Waals surface area contributed by atoms with Gasteiger partial charge in [0.2, 0.25) is 0 Å². The van der Waals surface area contributed by atoms with Crippen molar-refractivity contribution in [3.8, 4) is 5.75 Å². The second-order valence-corrected chi connectivity index (χ2v) is 10.0. The number of halogens is 2. The molecule has 0 radical (unpaired) electrons. The zero-order chi connectivity index (χ0) is 24.8. The zero-order valence-electron chi connectivity index (χ0n) is 19.2. The maximum Gasteiger partial charge on any atom is 0.271 e. The molecule has 2 heterocycles. The van der Waals surface area contributed by atoms with Gasteiger partial charge >= 0.3 is 0 Å². The van der Waals surface area contributed by atoms with E-state index in [2.05, 4.69) is 15.6 Å². The fourth-order valence-electron chi connectivity index (χ4n) is 5.21. The summed E-state index contributed by atoms with van der Waals surface area (Å²) in [4.78, 5) is 30.0. The van der Waals surface area contributed by atoms with Crippen molar-refractivity contribution in [2.45, 2.75) is 56.2 Å². The maximum atomic E-state index is 13.6. The Morgan fingerprint density at radius 2 is 1.97 bits per heavy atom. The number of aryl methyl sites for hydroxylation is 1. The fourth-order valence-corrected chi connectivity index (χ4v) is 5.33. The van der Waals surface area contributed by atoms with Gasteiger partial charge in [0.15, 0.2) is 6.61 Å². The number of nitrogens with one attached hydrogen (secondary N) is 2. The summed E-state index contributed by atoms with van der Waals surface area (Å²) in [6, 6.07) is 7.75. The van der Waals surface area contributed by atoms with Crippen molar-refractivity contribution >= 4 is 29.1 Å². The maximum absolute atomic E-state index is 13.6. The van der Waals surface area contributed by atoms with Gasteiger partial charge in [0.25, 0.3) is 11.8 Å². The molecule has 3 aliphatic rings. The van der Waals surface area contributed by atoms with Crippen LogP contribution in [0.15, 0.2) is 42.7 Å². The number of ether oxygens (including phenoxy) is 1. The number of imidazole rings is 1. The van der Waals surface area contributed by atoms with E-state index in [0.29, 0.717) is 43.4 Å². The first-order valence-electron chi connectivity index (χ1n) is 11.5. The minimum absolute atomic E-state index is 0.0277. The van der Waals surface area contributed by atoms with Gasteiger partial charge in [-0.15, -0.1) is 0 Å². The Kier molecular flexibility index (Phi) is 5.93. The Balaban J connectivity index is 1.20. The Hall–Kier alpha value is -3.17.